The molecule has 0 unspecified atom stereocenters. The highest BCUT2D eigenvalue weighted by Crippen LogP contribution is 2.23. The molecule has 7 nitrogen and oxygen atoms in total. The van der Waals surface area contributed by atoms with Crippen molar-refractivity contribution in [2.24, 2.45) is 0 Å². The Bertz CT molecular complexity index is 1140. The molecule has 0 saturated carbocycles. The van der Waals surface area contributed by atoms with Crippen LogP contribution in [0.4, 0.5) is 0 Å². The highest BCUT2D eigenvalue weighted by Gasteiger charge is 2.24. The lowest BCUT2D eigenvalue weighted by atomic mass is 10.3. The molecule has 3 aromatic rings. The van der Waals surface area contributed by atoms with Crippen molar-refractivity contribution in [3.63, 3.8) is 0 Å². The summed E-state index contributed by atoms with van der Waals surface area (Å²) < 4.78 is 52.1. The molecule has 0 bridgehead atoms. The zero-order chi connectivity index (χ0) is 18.4. The Morgan fingerprint density at radius 3 is 2.56 bits per heavy atom. The van der Waals surface area contributed by atoms with Gasteiger partial charge in [0.1, 0.15) is 0 Å². The van der Waals surface area contributed by atoms with Gasteiger partial charge in [0.2, 0.25) is 10.0 Å². The minimum Gasteiger partial charge on any atom is -0.293 e. The van der Waals surface area contributed by atoms with Crippen LogP contribution in [0.15, 0.2) is 45.6 Å². The van der Waals surface area contributed by atoms with E-state index in [1.165, 1.54) is 47.0 Å². The number of sulfonamides is 1. The molecule has 2 aromatic heterocycles. The number of nitrogens with zero attached hydrogens (tertiary/aromatic N) is 3. The zero-order valence-electron chi connectivity index (χ0n) is 13.9. The summed E-state index contributed by atoms with van der Waals surface area (Å²) >= 11 is 1.48. The van der Waals surface area contributed by atoms with E-state index >= 15 is 0 Å². The lowest BCUT2D eigenvalue weighted by Gasteiger charge is -2.17. The van der Waals surface area contributed by atoms with Crippen LogP contribution >= 0.6 is 11.3 Å². The molecule has 0 aliphatic carbocycles. The fraction of sp³-hybridized carbons (Fsp3) is 0.267. The molecular weight excluding hydrogens is 382 g/mol. The monoisotopic (exact) mass is 399 g/mol. The van der Waals surface area contributed by atoms with Crippen LogP contribution in [0.1, 0.15) is 11.4 Å². The third kappa shape index (κ3) is 3.34. The van der Waals surface area contributed by atoms with Crippen molar-refractivity contribution in [3.05, 3.63) is 47.2 Å². The smallest absolute Gasteiger partial charge is 0.243 e. The summed E-state index contributed by atoms with van der Waals surface area (Å²) in [5, 5.41) is 1.88. The van der Waals surface area contributed by atoms with E-state index in [1.54, 1.807) is 0 Å². The Kier molecular flexibility index (Phi) is 4.48. The third-order valence-electron chi connectivity index (χ3n) is 3.88. The number of imidazole rings is 1. The Balaban J connectivity index is 1.97. The highest BCUT2D eigenvalue weighted by atomic mass is 32.2. The Labute approximate surface area is 150 Å². The first kappa shape index (κ1) is 18.1. The summed E-state index contributed by atoms with van der Waals surface area (Å²) in [5.74, 6) is 0. The second-order valence-corrected chi connectivity index (χ2v) is 10.6. The van der Waals surface area contributed by atoms with Gasteiger partial charge in [0.05, 0.1) is 27.7 Å². The second-order valence-electron chi connectivity index (χ2n) is 5.71. The lowest BCUT2D eigenvalue weighted by molar-refractivity contribution is 0.460. The second kappa shape index (κ2) is 6.20. The topological polar surface area (TPSA) is 88.8 Å². The first-order chi connectivity index (χ1) is 11.6. The molecule has 134 valence electrons. The number of hydrogen-bond donors (Lipinski definition) is 0. The van der Waals surface area contributed by atoms with Gasteiger partial charge in [0, 0.05) is 24.9 Å². The Hall–Kier alpha value is -1.75. The van der Waals surface area contributed by atoms with E-state index in [2.05, 4.69) is 4.98 Å². The van der Waals surface area contributed by atoms with E-state index in [-0.39, 0.29) is 16.3 Å². The SMILES string of the molecule is Cc1nc2sccn2c1CN(C)S(=O)(=O)c1cccc(S(C)(=O)=O)c1. The number of fused-ring (bicyclic) bond motifs is 1. The van der Waals surface area contributed by atoms with Gasteiger partial charge < -0.3 is 0 Å². The van der Waals surface area contributed by atoms with Crippen molar-refractivity contribution < 1.29 is 16.8 Å². The first-order valence-electron chi connectivity index (χ1n) is 7.28. The fourth-order valence-electron chi connectivity index (χ4n) is 2.47. The van der Waals surface area contributed by atoms with Gasteiger partial charge in [-0.05, 0) is 25.1 Å². The molecule has 3 rings (SSSR count). The number of benzene rings is 1. The number of hydrogen-bond acceptors (Lipinski definition) is 6. The molecule has 0 N–H and O–H groups in total. The number of aromatic nitrogens is 2. The van der Waals surface area contributed by atoms with Gasteiger partial charge in [-0.25, -0.2) is 21.8 Å². The number of thiazole rings is 1. The van der Waals surface area contributed by atoms with E-state index in [4.69, 9.17) is 0 Å². The quantitative estimate of drug-likeness (QED) is 0.654. The van der Waals surface area contributed by atoms with E-state index < -0.39 is 19.9 Å². The van der Waals surface area contributed by atoms with E-state index in [0.29, 0.717) is 0 Å². The predicted molar refractivity (Wildman–Crippen MR) is 96.0 cm³/mol. The normalized spacial score (nSPS) is 13.0. The number of aryl methyl sites for hydroxylation is 1. The third-order valence-corrected chi connectivity index (χ3v) is 7.54. The van der Waals surface area contributed by atoms with Gasteiger partial charge >= 0.3 is 0 Å². The van der Waals surface area contributed by atoms with Crippen molar-refractivity contribution in [3.8, 4) is 0 Å². The lowest BCUT2D eigenvalue weighted by Crippen LogP contribution is -2.27. The standard InChI is InChI=1S/C15H17N3O4S3/c1-11-14(18-7-8-23-15(18)16-11)10-17(2)25(21,22)13-6-4-5-12(9-13)24(3,19)20/h4-9H,10H2,1-3H3. The maximum Gasteiger partial charge on any atom is 0.243 e. The van der Waals surface area contributed by atoms with Crippen LogP contribution in [0.25, 0.3) is 4.96 Å². The molecule has 1 aromatic carbocycles. The van der Waals surface area contributed by atoms with Gasteiger partial charge in [0.25, 0.3) is 0 Å². The van der Waals surface area contributed by atoms with Gasteiger partial charge in [-0.1, -0.05) is 6.07 Å². The molecular formula is C15H17N3O4S3. The minimum absolute atomic E-state index is 0.0252. The van der Waals surface area contributed by atoms with Crippen LogP contribution in [0.5, 0.6) is 0 Å². The van der Waals surface area contributed by atoms with Gasteiger partial charge in [-0.3, -0.25) is 4.40 Å². The predicted octanol–water partition coefficient (Wildman–Crippen LogP) is 1.93. The molecule has 0 aliphatic heterocycles. The molecule has 2 heterocycles. The molecule has 0 amide bonds. The zero-order valence-corrected chi connectivity index (χ0v) is 16.3. The largest absolute Gasteiger partial charge is 0.293 e. The van der Waals surface area contributed by atoms with E-state index in [0.717, 1.165) is 22.6 Å². The average Bonchev–Trinajstić information content (AvgIpc) is 3.09. The van der Waals surface area contributed by atoms with Crippen molar-refractivity contribution in [2.75, 3.05) is 13.3 Å². The van der Waals surface area contributed by atoms with Crippen LogP contribution in [0, 0.1) is 6.92 Å². The molecule has 0 spiro atoms. The van der Waals surface area contributed by atoms with E-state index in [1.807, 2.05) is 22.9 Å². The summed E-state index contributed by atoms with van der Waals surface area (Å²) in [6.07, 6.45) is 2.89. The number of rotatable bonds is 5. The molecule has 0 saturated heterocycles. The van der Waals surface area contributed by atoms with Crippen molar-refractivity contribution in [1.82, 2.24) is 13.7 Å². The average molecular weight is 400 g/mol. The summed E-state index contributed by atoms with van der Waals surface area (Å²) in [6, 6.07) is 5.39. The van der Waals surface area contributed by atoms with Gasteiger partial charge in [-0.2, -0.15) is 4.31 Å². The molecule has 0 fully saturated rings. The first-order valence-corrected chi connectivity index (χ1v) is 11.5. The summed E-state index contributed by atoms with van der Waals surface area (Å²) in [6.45, 7) is 1.97. The van der Waals surface area contributed by atoms with Gasteiger partial charge in [0.15, 0.2) is 14.8 Å². The van der Waals surface area contributed by atoms with Crippen molar-refractivity contribution in [1.29, 1.82) is 0 Å². The molecule has 0 aliphatic rings. The fourth-order valence-corrected chi connectivity index (χ4v) is 5.17. The van der Waals surface area contributed by atoms with E-state index in [9.17, 15) is 16.8 Å². The van der Waals surface area contributed by atoms with Crippen LogP contribution in [0.2, 0.25) is 0 Å². The van der Waals surface area contributed by atoms with Crippen LogP contribution in [-0.4, -0.2) is 43.8 Å². The van der Waals surface area contributed by atoms with Crippen LogP contribution in [0.3, 0.4) is 0 Å². The summed E-state index contributed by atoms with van der Waals surface area (Å²) in [7, 11) is -5.85. The molecule has 0 atom stereocenters. The molecule has 10 heteroatoms. The highest BCUT2D eigenvalue weighted by molar-refractivity contribution is 7.91. The van der Waals surface area contributed by atoms with Crippen molar-refractivity contribution in [2.45, 2.75) is 23.3 Å². The van der Waals surface area contributed by atoms with Gasteiger partial charge in [-0.15, -0.1) is 11.3 Å². The number of sulfone groups is 1. The maximum atomic E-state index is 12.8. The molecule has 25 heavy (non-hydrogen) atoms. The van der Waals surface area contributed by atoms with Crippen molar-refractivity contribution >= 4 is 36.2 Å². The Morgan fingerprint density at radius 2 is 1.88 bits per heavy atom. The molecule has 0 radical (unpaired) electrons. The maximum absolute atomic E-state index is 12.8. The van der Waals surface area contributed by atoms with Crippen LogP contribution < -0.4 is 0 Å². The summed E-state index contributed by atoms with van der Waals surface area (Å²) in [5.41, 5.74) is 1.54. The van der Waals surface area contributed by atoms with Crippen LogP contribution in [-0.2, 0) is 26.4 Å². The Morgan fingerprint density at radius 1 is 1.20 bits per heavy atom. The minimum atomic E-state index is -3.84. The summed E-state index contributed by atoms with van der Waals surface area (Å²) in [4.78, 5) is 5.13.